The first-order valence-corrected chi connectivity index (χ1v) is 12.1. The predicted octanol–water partition coefficient (Wildman–Crippen LogP) is 3.25. The summed E-state index contributed by atoms with van der Waals surface area (Å²) in [5.74, 6) is -1.22. The van der Waals surface area contributed by atoms with Gasteiger partial charge in [0.1, 0.15) is 6.61 Å². The summed E-state index contributed by atoms with van der Waals surface area (Å²) >= 11 is 0. The van der Waals surface area contributed by atoms with Crippen molar-refractivity contribution in [3.05, 3.63) is 59.7 Å². The Bertz CT molecular complexity index is 1100. The molecule has 1 aliphatic heterocycles. The van der Waals surface area contributed by atoms with Gasteiger partial charge in [-0.3, -0.25) is 9.59 Å². The second kappa shape index (κ2) is 9.34. The van der Waals surface area contributed by atoms with E-state index in [4.69, 9.17) is 9.47 Å². The van der Waals surface area contributed by atoms with Crippen LogP contribution in [0, 0.1) is 11.3 Å². The first kappa shape index (κ1) is 23.4. The summed E-state index contributed by atoms with van der Waals surface area (Å²) in [4.78, 5) is 39.0. The lowest BCUT2D eigenvalue weighted by Gasteiger charge is -2.25. The molecule has 2 fully saturated rings. The molecule has 35 heavy (non-hydrogen) atoms. The highest BCUT2D eigenvalue weighted by Crippen LogP contribution is 2.49. The average molecular weight is 479 g/mol. The second-order valence-electron chi connectivity index (χ2n) is 9.70. The zero-order valence-corrected chi connectivity index (χ0v) is 19.7. The van der Waals surface area contributed by atoms with Crippen LogP contribution in [0.4, 0.5) is 4.79 Å². The number of carbonyl (C=O) groups is 3. The number of fused-ring (bicyclic) bond motifs is 4. The Hall–Kier alpha value is -3.39. The molecule has 0 radical (unpaired) electrons. The van der Waals surface area contributed by atoms with E-state index in [1.54, 1.807) is 4.90 Å². The highest BCUT2D eigenvalue weighted by Gasteiger charge is 2.56. The molecule has 0 spiro atoms. The maximum absolute atomic E-state index is 13.0. The minimum absolute atomic E-state index is 0.0310. The number of carbonyl (C=O) groups excluding carboxylic acids is 2. The van der Waals surface area contributed by atoms with Gasteiger partial charge in [-0.25, -0.2) is 4.79 Å². The molecule has 1 saturated heterocycles. The topological polar surface area (TPSA) is 105 Å². The number of ether oxygens (including phenoxy) is 2. The van der Waals surface area contributed by atoms with Crippen molar-refractivity contribution in [1.82, 2.24) is 10.2 Å². The zero-order valence-electron chi connectivity index (χ0n) is 19.7. The van der Waals surface area contributed by atoms with Crippen molar-refractivity contribution in [3.8, 4) is 11.1 Å². The number of aliphatic carboxylic acids is 1. The summed E-state index contributed by atoms with van der Waals surface area (Å²) in [6.07, 6.45) is 0.746. The van der Waals surface area contributed by atoms with E-state index in [0.29, 0.717) is 13.0 Å². The van der Waals surface area contributed by atoms with Gasteiger partial charge >= 0.3 is 12.1 Å². The number of nitrogens with zero attached hydrogens (tertiary/aromatic N) is 1. The SMILES string of the molecule is COC(CNC(=O)OCC1c2ccccc2-c2ccccc21)C(=O)N1C[C@@H]2CCC[C@]2(C(=O)O)C1. The Kier molecular flexibility index (Phi) is 6.23. The summed E-state index contributed by atoms with van der Waals surface area (Å²) in [5, 5.41) is 12.4. The predicted molar refractivity (Wildman–Crippen MR) is 128 cm³/mol. The number of hydrogen-bond acceptors (Lipinski definition) is 5. The molecule has 2 amide bonds. The van der Waals surface area contributed by atoms with Crippen molar-refractivity contribution in [2.75, 3.05) is 33.4 Å². The van der Waals surface area contributed by atoms with Crippen LogP contribution in [-0.4, -0.2) is 67.4 Å². The minimum atomic E-state index is -0.903. The van der Waals surface area contributed by atoms with Gasteiger partial charge in [0.25, 0.3) is 5.91 Å². The molecule has 1 heterocycles. The fourth-order valence-corrected chi connectivity index (χ4v) is 6.11. The van der Waals surface area contributed by atoms with E-state index in [-0.39, 0.29) is 37.4 Å². The molecule has 5 rings (SSSR count). The van der Waals surface area contributed by atoms with Gasteiger partial charge in [-0.15, -0.1) is 0 Å². The summed E-state index contributed by atoms with van der Waals surface area (Å²) in [6.45, 7) is 0.736. The van der Waals surface area contributed by atoms with Crippen molar-refractivity contribution in [2.45, 2.75) is 31.3 Å². The minimum Gasteiger partial charge on any atom is -0.481 e. The molecule has 2 aromatic carbocycles. The summed E-state index contributed by atoms with van der Waals surface area (Å²) < 4.78 is 10.9. The highest BCUT2D eigenvalue weighted by molar-refractivity contribution is 5.85. The van der Waals surface area contributed by atoms with Crippen molar-refractivity contribution in [3.63, 3.8) is 0 Å². The van der Waals surface area contributed by atoms with Crippen LogP contribution in [0.3, 0.4) is 0 Å². The molecule has 2 N–H and O–H groups in total. The third kappa shape index (κ3) is 4.05. The highest BCUT2D eigenvalue weighted by atomic mass is 16.5. The van der Waals surface area contributed by atoms with Crippen molar-refractivity contribution in [2.24, 2.45) is 11.3 Å². The van der Waals surface area contributed by atoms with Crippen LogP contribution >= 0.6 is 0 Å². The molecule has 1 saturated carbocycles. The van der Waals surface area contributed by atoms with E-state index in [0.717, 1.165) is 35.1 Å². The molecule has 2 aliphatic carbocycles. The zero-order chi connectivity index (χ0) is 24.6. The molecule has 3 atom stereocenters. The fraction of sp³-hybridized carbons (Fsp3) is 0.444. The normalized spacial score (nSPS) is 23.3. The van der Waals surface area contributed by atoms with Crippen molar-refractivity contribution < 1.29 is 29.0 Å². The average Bonchev–Trinajstić information content (AvgIpc) is 3.53. The quantitative estimate of drug-likeness (QED) is 0.633. The molecule has 0 bridgehead atoms. The standard InChI is InChI=1S/C27H30N2O6/c1-34-23(24(30)29-14-17-7-6-12-27(17,16-29)25(31)32)13-28-26(33)35-15-22-20-10-4-2-8-18(20)19-9-3-5-11-21(19)22/h2-5,8-11,17,22-23H,6-7,12-16H2,1H3,(H,28,33)(H,31,32)/t17-,23?,27-/m0/s1. The number of rotatable bonds is 7. The fourth-order valence-electron chi connectivity index (χ4n) is 6.11. The van der Waals surface area contributed by atoms with E-state index >= 15 is 0 Å². The van der Waals surface area contributed by atoms with Gasteiger partial charge < -0.3 is 24.8 Å². The van der Waals surface area contributed by atoms with Crippen LogP contribution in [0.2, 0.25) is 0 Å². The molecular weight excluding hydrogens is 448 g/mol. The number of likely N-dealkylation sites (tertiary alicyclic amines) is 1. The van der Waals surface area contributed by atoms with Crippen LogP contribution in [0.5, 0.6) is 0 Å². The molecule has 3 aliphatic rings. The first-order chi connectivity index (χ1) is 16.9. The number of amides is 2. The van der Waals surface area contributed by atoms with E-state index in [1.165, 1.54) is 7.11 Å². The van der Waals surface area contributed by atoms with Gasteiger partial charge in [-0.1, -0.05) is 55.0 Å². The number of hydrogen-bond donors (Lipinski definition) is 2. The van der Waals surface area contributed by atoms with Crippen LogP contribution in [0.25, 0.3) is 11.1 Å². The second-order valence-corrected chi connectivity index (χ2v) is 9.70. The molecule has 8 heteroatoms. The molecule has 8 nitrogen and oxygen atoms in total. The van der Waals surface area contributed by atoms with E-state index in [9.17, 15) is 19.5 Å². The Morgan fingerprint density at radius 2 is 1.77 bits per heavy atom. The van der Waals surface area contributed by atoms with E-state index < -0.39 is 23.6 Å². The van der Waals surface area contributed by atoms with Crippen molar-refractivity contribution in [1.29, 1.82) is 0 Å². The molecule has 184 valence electrons. The van der Waals surface area contributed by atoms with Gasteiger partial charge in [-0.2, -0.15) is 0 Å². The van der Waals surface area contributed by atoms with Crippen LogP contribution < -0.4 is 5.32 Å². The lowest BCUT2D eigenvalue weighted by Crippen LogP contribution is -2.46. The third-order valence-electron chi connectivity index (χ3n) is 7.94. The van der Waals surface area contributed by atoms with Crippen molar-refractivity contribution >= 4 is 18.0 Å². The third-order valence-corrected chi connectivity index (χ3v) is 7.94. The van der Waals surface area contributed by atoms with Gasteiger partial charge in [0.15, 0.2) is 6.10 Å². The van der Waals surface area contributed by atoms with E-state index in [2.05, 4.69) is 29.6 Å². The molecular formula is C27H30N2O6. The number of carboxylic acids is 1. The monoisotopic (exact) mass is 478 g/mol. The van der Waals surface area contributed by atoms with E-state index in [1.807, 2.05) is 24.3 Å². The van der Waals surface area contributed by atoms with Gasteiger partial charge in [0.05, 0.1) is 12.0 Å². The maximum atomic E-state index is 13.0. The van der Waals surface area contributed by atoms with Crippen LogP contribution in [0.15, 0.2) is 48.5 Å². The largest absolute Gasteiger partial charge is 0.481 e. The Balaban J connectivity index is 1.17. The maximum Gasteiger partial charge on any atom is 0.407 e. The summed E-state index contributed by atoms with van der Waals surface area (Å²) in [6, 6.07) is 16.2. The van der Waals surface area contributed by atoms with Gasteiger partial charge in [0, 0.05) is 26.1 Å². The smallest absolute Gasteiger partial charge is 0.407 e. The molecule has 1 unspecified atom stereocenters. The lowest BCUT2D eigenvalue weighted by atomic mass is 9.81. The lowest BCUT2D eigenvalue weighted by molar-refractivity contribution is -0.150. The molecule has 0 aromatic heterocycles. The first-order valence-electron chi connectivity index (χ1n) is 12.1. The Morgan fingerprint density at radius 3 is 2.37 bits per heavy atom. The number of carboxylic acid groups (broad SMARTS) is 1. The Labute approximate surface area is 204 Å². The van der Waals surface area contributed by atoms with Crippen LogP contribution in [0.1, 0.15) is 36.3 Å². The van der Waals surface area contributed by atoms with Crippen LogP contribution in [-0.2, 0) is 19.1 Å². The summed E-state index contributed by atoms with van der Waals surface area (Å²) in [7, 11) is 1.41. The Morgan fingerprint density at radius 1 is 1.11 bits per heavy atom. The summed E-state index contributed by atoms with van der Waals surface area (Å²) in [5.41, 5.74) is 3.69. The number of methoxy groups -OCH3 is 1. The van der Waals surface area contributed by atoms with Gasteiger partial charge in [0.2, 0.25) is 0 Å². The number of nitrogens with one attached hydrogen (secondary N) is 1. The van der Waals surface area contributed by atoms with Gasteiger partial charge in [-0.05, 0) is 41.0 Å². The molecule has 2 aromatic rings. The number of benzene rings is 2. The number of alkyl carbamates (subject to hydrolysis) is 1.